The molecular formula is C14H15BrN2. The summed E-state index contributed by atoms with van der Waals surface area (Å²) in [6.45, 7) is 4.19. The van der Waals surface area contributed by atoms with Crippen LogP contribution in [0, 0.1) is 6.92 Å². The molecule has 1 atom stereocenters. The van der Waals surface area contributed by atoms with Crippen molar-refractivity contribution in [2.75, 3.05) is 5.32 Å². The monoisotopic (exact) mass is 290 g/mol. The lowest BCUT2D eigenvalue weighted by Gasteiger charge is -2.16. The van der Waals surface area contributed by atoms with E-state index in [9.17, 15) is 0 Å². The zero-order chi connectivity index (χ0) is 12.3. The molecule has 1 unspecified atom stereocenters. The standard InChI is InChI=1S/C14H15BrN2/c1-10-6-5-8-13(14(10)15)17-11(2)12-7-3-4-9-16-12/h3-9,11,17H,1-2H3. The Morgan fingerprint density at radius 1 is 1.18 bits per heavy atom. The molecule has 0 aliphatic rings. The third kappa shape index (κ3) is 2.86. The summed E-state index contributed by atoms with van der Waals surface area (Å²) < 4.78 is 1.11. The van der Waals surface area contributed by atoms with Crippen LogP contribution in [0.3, 0.4) is 0 Å². The molecule has 88 valence electrons. The third-order valence-corrected chi connectivity index (χ3v) is 3.75. The molecule has 2 rings (SSSR count). The van der Waals surface area contributed by atoms with Crippen molar-refractivity contribution in [1.82, 2.24) is 4.98 Å². The minimum atomic E-state index is 0.189. The quantitative estimate of drug-likeness (QED) is 0.910. The number of nitrogens with one attached hydrogen (secondary N) is 1. The molecule has 1 heterocycles. The Bertz CT molecular complexity index is 497. The number of aryl methyl sites for hydroxylation is 1. The first-order valence-corrected chi connectivity index (χ1v) is 6.40. The van der Waals surface area contributed by atoms with E-state index in [4.69, 9.17) is 0 Å². The number of pyridine rings is 1. The van der Waals surface area contributed by atoms with E-state index in [0.717, 1.165) is 15.9 Å². The number of hydrogen-bond donors (Lipinski definition) is 1. The van der Waals surface area contributed by atoms with E-state index in [1.54, 1.807) is 0 Å². The van der Waals surface area contributed by atoms with Crippen molar-refractivity contribution in [3.05, 3.63) is 58.3 Å². The zero-order valence-corrected chi connectivity index (χ0v) is 11.5. The van der Waals surface area contributed by atoms with E-state index in [2.05, 4.69) is 52.2 Å². The van der Waals surface area contributed by atoms with Gasteiger partial charge in [0.05, 0.1) is 11.7 Å². The first-order chi connectivity index (χ1) is 8.18. The lowest BCUT2D eigenvalue weighted by molar-refractivity contribution is 0.838. The van der Waals surface area contributed by atoms with Crippen LogP contribution in [0.5, 0.6) is 0 Å². The smallest absolute Gasteiger partial charge is 0.0657 e. The van der Waals surface area contributed by atoms with E-state index in [1.165, 1.54) is 5.56 Å². The molecule has 3 heteroatoms. The Labute approximate surface area is 110 Å². The second-order valence-electron chi connectivity index (χ2n) is 4.06. The number of rotatable bonds is 3. The molecule has 1 N–H and O–H groups in total. The predicted octanol–water partition coefficient (Wildman–Crippen LogP) is 4.33. The van der Waals surface area contributed by atoms with Crippen LogP contribution in [0.2, 0.25) is 0 Å². The fourth-order valence-electron chi connectivity index (χ4n) is 1.70. The van der Waals surface area contributed by atoms with Crippen LogP contribution >= 0.6 is 15.9 Å². The Balaban J connectivity index is 2.19. The summed E-state index contributed by atoms with van der Waals surface area (Å²) >= 11 is 3.60. The molecule has 0 saturated heterocycles. The van der Waals surface area contributed by atoms with Crippen LogP contribution in [-0.4, -0.2) is 4.98 Å². The fourth-order valence-corrected chi connectivity index (χ4v) is 2.08. The van der Waals surface area contributed by atoms with E-state index in [0.29, 0.717) is 0 Å². The second-order valence-corrected chi connectivity index (χ2v) is 4.85. The summed E-state index contributed by atoms with van der Waals surface area (Å²) in [6.07, 6.45) is 1.82. The molecule has 0 saturated carbocycles. The highest BCUT2D eigenvalue weighted by atomic mass is 79.9. The van der Waals surface area contributed by atoms with Crippen LogP contribution < -0.4 is 5.32 Å². The SMILES string of the molecule is Cc1cccc(NC(C)c2ccccn2)c1Br. The number of aromatic nitrogens is 1. The summed E-state index contributed by atoms with van der Waals surface area (Å²) in [5.41, 5.74) is 3.37. The summed E-state index contributed by atoms with van der Waals surface area (Å²) in [6, 6.07) is 12.4. The molecule has 1 aromatic heterocycles. The third-order valence-electron chi connectivity index (χ3n) is 2.70. The van der Waals surface area contributed by atoms with Crippen LogP contribution in [0.15, 0.2) is 47.1 Å². The predicted molar refractivity (Wildman–Crippen MR) is 75.2 cm³/mol. The van der Waals surface area contributed by atoms with Gasteiger partial charge >= 0.3 is 0 Å². The van der Waals surface area contributed by atoms with Crippen molar-refractivity contribution in [3.8, 4) is 0 Å². The minimum absolute atomic E-state index is 0.189. The van der Waals surface area contributed by atoms with Crippen LogP contribution in [-0.2, 0) is 0 Å². The van der Waals surface area contributed by atoms with E-state index in [-0.39, 0.29) is 6.04 Å². The maximum Gasteiger partial charge on any atom is 0.0657 e. The average molecular weight is 291 g/mol. The summed E-state index contributed by atoms with van der Waals surface area (Å²) in [4.78, 5) is 4.35. The number of nitrogens with zero attached hydrogens (tertiary/aromatic N) is 1. The Kier molecular flexibility index (Phi) is 3.79. The van der Waals surface area contributed by atoms with Crippen LogP contribution in [0.1, 0.15) is 24.2 Å². The lowest BCUT2D eigenvalue weighted by atomic mass is 10.1. The van der Waals surface area contributed by atoms with Gasteiger partial charge in [-0.2, -0.15) is 0 Å². The van der Waals surface area contributed by atoms with Gasteiger partial charge in [0.2, 0.25) is 0 Å². The van der Waals surface area contributed by atoms with E-state index in [1.807, 2.05) is 30.5 Å². The lowest BCUT2D eigenvalue weighted by Crippen LogP contribution is -2.08. The van der Waals surface area contributed by atoms with Gasteiger partial charge in [-0.15, -0.1) is 0 Å². The largest absolute Gasteiger partial charge is 0.376 e. The Hall–Kier alpha value is -1.35. The Morgan fingerprint density at radius 3 is 2.71 bits per heavy atom. The highest BCUT2D eigenvalue weighted by molar-refractivity contribution is 9.10. The second kappa shape index (κ2) is 5.32. The van der Waals surface area contributed by atoms with E-state index >= 15 is 0 Å². The molecule has 2 nitrogen and oxygen atoms in total. The molecule has 0 bridgehead atoms. The maximum absolute atomic E-state index is 4.35. The van der Waals surface area contributed by atoms with Crippen LogP contribution in [0.25, 0.3) is 0 Å². The maximum atomic E-state index is 4.35. The van der Waals surface area contributed by atoms with E-state index < -0.39 is 0 Å². The molecule has 0 radical (unpaired) electrons. The number of anilines is 1. The Morgan fingerprint density at radius 2 is 2.00 bits per heavy atom. The number of halogens is 1. The van der Waals surface area contributed by atoms with Gasteiger partial charge in [0.1, 0.15) is 0 Å². The first-order valence-electron chi connectivity index (χ1n) is 5.61. The molecule has 0 fully saturated rings. The van der Waals surface area contributed by atoms with Crippen molar-refractivity contribution < 1.29 is 0 Å². The first kappa shape index (κ1) is 12.1. The van der Waals surface area contributed by atoms with Crippen molar-refractivity contribution >= 4 is 21.6 Å². The molecule has 0 aliphatic heterocycles. The highest BCUT2D eigenvalue weighted by Gasteiger charge is 2.08. The molecule has 2 aromatic rings. The van der Waals surface area contributed by atoms with Gasteiger partial charge in [0.15, 0.2) is 0 Å². The molecular weight excluding hydrogens is 276 g/mol. The fraction of sp³-hybridized carbons (Fsp3) is 0.214. The van der Waals surface area contributed by atoms with Crippen LogP contribution in [0.4, 0.5) is 5.69 Å². The van der Waals surface area contributed by atoms with Crippen molar-refractivity contribution in [2.24, 2.45) is 0 Å². The van der Waals surface area contributed by atoms with Gasteiger partial charge in [-0.05, 0) is 53.5 Å². The molecule has 17 heavy (non-hydrogen) atoms. The molecule has 1 aromatic carbocycles. The van der Waals surface area contributed by atoms with Gasteiger partial charge < -0.3 is 5.32 Å². The highest BCUT2D eigenvalue weighted by Crippen LogP contribution is 2.28. The molecule has 0 amide bonds. The average Bonchev–Trinajstić information content (AvgIpc) is 2.36. The molecule has 0 spiro atoms. The number of benzene rings is 1. The van der Waals surface area contributed by atoms with Crippen molar-refractivity contribution in [1.29, 1.82) is 0 Å². The normalized spacial score (nSPS) is 12.2. The van der Waals surface area contributed by atoms with Crippen molar-refractivity contribution in [3.63, 3.8) is 0 Å². The molecule has 0 aliphatic carbocycles. The summed E-state index contributed by atoms with van der Waals surface area (Å²) in [5.74, 6) is 0. The summed E-state index contributed by atoms with van der Waals surface area (Å²) in [7, 11) is 0. The van der Waals surface area contributed by atoms with Gasteiger partial charge in [0, 0.05) is 16.4 Å². The van der Waals surface area contributed by atoms with Gasteiger partial charge in [-0.1, -0.05) is 18.2 Å². The minimum Gasteiger partial charge on any atom is -0.376 e. The zero-order valence-electron chi connectivity index (χ0n) is 9.94. The van der Waals surface area contributed by atoms with Crippen molar-refractivity contribution in [2.45, 2.75) is 19.9 Å². The van der Waals surface area contributed by atoms with Gasteiger partial charge in [-0.3, -0.25) is 4.98 Å². The number of hydrogen-bond acceptors (Lipinski definition) is 2. The topological polar surface area (TPSA) is 24.9 Å². The van der Waals surface area contributed by atoms with Gasteiger partial charge in [-0.25, -0.2) is 0 Å². The van der Waals surface area contributed by atoms with Gasteiger partial charge in [0.25, 0.3) is 0 Å². The summed E-state index contributed by atoms with van der Waals surface area (Å²) in [5, 5.41) is 3.46.